The lowest BCUT2D eigenvalue weighted by molar-refractivity contribution is 0.688. The molecule has 118 valence electrons. The zero-order valence-corrected chi connectivity index (χ0v) is 13.1. The average Bonchev–Trinajstić information content (AvgIpc) is 2.91. The van der Waals surface area contributed by atoms with Crippen LogP contribution in [0.15, 0.2) is 59.7 Å². The monoisotopic (exact) mass is 308 g/mol. The predicted molar refractivity (Wildman–Crippen MR) is 91.4 cm³/mol. The van der Waals surface area contributed by atoms with E-state index >= 15 is 0 Å². The van der Waals surface area contributed by atoms with Gasteiger partial charge in [0.25, 0.3) is 5.56 Å². The van der Waals surface area contributed by atoms with E-state index in [9.17, 15) is 4.79 Å². The number of hydrogen-bond donors (Lipinski definition) is 1. The Labute approximate surface area is 135 Å². The first kappa shape index (κ1) is 15.1. The second-order valence-electron chi connectivity index (χ2n) is 5.57. The molecule has 0 spiro atoms. The molecular formula is C18H20N4O. The SMILES string of the molecule is CCc1cn(Cc2ccc(Cn3ccccc3=O)cc2)nc1N. The molecule has 0 aliphatic carbocycles. The topological polar surface area (TPSA) is 65.8 Å². The Balaban J connectivity index is 1.72. The van der Waals surface area contributed by atoms with Crippen molar-refractivity contribution in [2.75, 3.05) is 5.73 Å². The van der Waals surface area contributed by atoms with Crippen LogP contribution in [-0.4, -0.2) is 14.3 Å². The maximum absolute atomic E-state index is 11.7. The van der Waals surface area contributed by atoms with E-state index in [2.05, 4.69) is 24.2 Å². The maximum atomic E-state index is 11.7. The number of nitrogen functional groups attached to an aromatic ring is 1. The molecular weight excluding hydrogens is 288 g/mol. The van der Waals surface area contributed by atoms with Gasteiger partial charge in [0.15, 0.2) is 0 Å². The normalized spacial score (nSPS) is 10.8. The summed E-state index contributed by atoms with van der Waals surface area (Å²) in [5.74, 6) is 0.604. The number of benzene rings is 1. The Kier molecular flexibility index (Phi) is 4.28. The van der Waals surface area contributed by atoms with Crippen molar-refractivity contribution in [3.63, 3.8) is 0 Å². The standard InChI is InChI=1S/C18H20N4O/c1-2-16-13-22(20-18(16)19)12-15-8-6-14(7-9-15)11-21-10-4-3-5-17(21)23/h3-10,13H,2,11-12H2,1H3,(H2,19,20). The number of nitrogens with two attached hydrogens (primary N) is 1. The van der Waals surface area contributed by atoms with E-state index in [0.29, 0.717) is 18.9 Å². The van der Waals surface area contributed by atoms with Crippen LogP contribution in [0, 0.1) is 0 Å². The van der Waals surface area contributed by atoms with E-state index in [1.807, 2.05) is 29.1 Å². The van der Waals surface area contributed by atoms with Gasteiger partial charge in [-0.3, -0.25) is 9.48 Å². The minimum Gasteiger partial charge on any atom is -0.382 e. The Morgan fingerprint density at radius 3 is 2.35 bits per heavy atom. The first-order valence-electron chi connectivity index (χ1n) is 7.71. The Morgan fingerprint density at radius 2 is 1.74 bits per heavy atom. The van der Waals surface area contributed by atoms with Gasteiger partial charge in [0, 0.05) is 24.0 Å². The van der Waals surface area contributed by atoms with Gasteiger partial charge in [-0.2, -0.15) is 5.10 Å². The lowest BCUT2D eigenvalue weighted by Gasteiger charge is -2.07. The smallest absolute Gasteiger partial charge is 0.250 e. The number of rotatable bonds is 5. The molecule has 2 aromatic heterocycles. The highest BCUT2D eigenvalue weighted by Gasteiger charge is 2.04. The number of anilines is 1. The van der Waals surface area contributed by atoms with Gasteiger partial charge in [-0.25, -0.2) is 0 Å². The summed E-state index contributed by atoms with van der Waals surface area (Å²) in [6.45, 7) is 3.34. The summed E-state index contributed by atoms with van der Waals surface area (Å²) in [5, 5.41) is 4.33. The van der Waals surface area contributed by atoms with Crippen molar-refractivity contribution in [3.8, 4) is 0 Å². The zero-order chi connectivity index (χ0) is 16.2. The minimum atomic E-state index is 0.00990. The molecule has 0 radical (unpaired) electrons. The third kappa shape index (κ3) is 3.51. The van der Waals surface area contributed by atoms with Gasteiger partial charge in [0.1, 0.15) is 5.82 Å². The lowest BCUT2D eigenvalue weighted by Crippen LogP contribution is -2.18. The van der Waals surface area contributed by atoms with Crippen molar-refractivity contribution in [2.45, 2.75) is 26.4 Å². The molecule has 2 heterocycles. The van der Waals surface area contributed by atoms with Gasteiger partial charge in [-0.15, -0.1) is 0 Å². The molecule has 5 heteroatoms. The van der Waals surface area contributed by atoms with Crippen LogP contribution in [0.3, 0.4) is 0 Å². The van der Waals surface area contributed by atoms with Crippen molar-refractivity contribution in [3.05, 3.63) is 81.9 Å². The second-order valence-corrected chi connectivity index (χ2v) is 5.57. The number of aryl methyl sites for hydroxylation is 1. The molecule has 2 N–H and O–H groups in total. The summed E-state index contributed by atoms with van der Waals surface area (Å²) in [7, 11) is 0. The highest BCUT2D eigenvalue weighted by atomic mass is 16.1. The summed E-state index contributed by atoms with van der Waals surface area (Å²) in [4.78, 5) is 11.7. The molecule has 1 aromatic carbocycles. The largest absolute Gasteiger partial charge is 0.382 e. The van der Waals surface area contributed by atoms with Gasteiger partial charge in [0.2, 0.25) is 0 Å². The summed E-state index contributed by atoms with van der Waals surface area (Å²) in [6.07, 6.45) is 4.68. The maximum Gasteiger partial charge on any atom is 0.250 e. The molecule has 0 amide bonds. The summed E-state index contributed by atoms with van der Waals surface area (Å²) in [5.41, 5.74) is 9.20. The summed E-state index contributed by atoms with van der Waals surface area (Å²) >= 11 is 0. The second kappa shape index (κ2) is 6.52. The molecule has 0 aliphatic heterocycles. The minimum absolute atomic E-state index is 0.00990. The Morgan fingerprint density at radius 1 is 1.04 bits per heavy atom. The highest BCUT2D eigenvalue weighted by Crippen LogP contribution is 2.12. The first-order valence-corrected chi connectivity index (χ1v) is 7.71. The van der Waals surface area contributed by atoms with Gasteiger partial charge >= 0.3 is 0 Å². The van der Waals surface area contributed by atoms with Crippen LogP contribution in [-0.2, 0) is 19.5 Å². The molecule has 0 atom stereocenters. The first-order chi connectivity index (χ1) is 11.2. The van der Waals surface area contributed by atoms with Gasteiger partial charge in [-0.05, 0) is 23.6 Å². The van der Waals surface area contributed by atoms with Crippen LogP contribution in [0.2, 0.25) is 0 Å². The van der Waals surface area contributed by atoms with Crippen LogP contribution in [0.25, 0.3) is 0 Å². The van der Waals surface area contributed by atoms with Crippen LogP contribution in [0.4, 0.5) is 5.82 Å². The van der Waals surface area contributed by atoms with Crippen molar-refractivity contribution in [1.82, 2.24) is 14.3 Å². The third-order valence-electron chi connectivity index (χ3n) is 3.87. The van der Waals surface area contributed by atoms with Gasteiger partial charge in [-0.1, -0.05) is 37.3 Å². The van der Waals surface area contributed by atoms with E-state index in [-0.39, 0.29) is 5.56 Å². The molecule has 0 saturated carbocycles. The number of pyridine rings is 1. The fraction of sp³-hybridized carbons (Fsp3) is 0.222. The zero-order valence-electron chi connectivity index (χ0n) is 13.1. The number of aromatic nitrogens is 3. The molecule has 23 heavy (non-hydrogen) atoms. The quantitative estimate of drug-likeness (QED) is 0.786. The van der Waals surface area contributed by atoms with Crippen LogP contribution < -0.4 is 11.3 Å². The average molecular weight is 308 g/mol. The molecule has 0 fully saturated rings. The van der Waals surface area contributed by atoms with E-state index in [1.165, 1.54) is 0 Å². The molecule has 0 bridgehead atoms. The fourth-order valence-electron chi connectivity index (χ4n) is 2.56. The summed E-state index contributed by atoms with van der Waals surface area (Å²) in [6, 6.07) is 13.4. The number of nitrogens with zero attached hydrogens (tertiary/aromatic N) is 3. The van der Waals surface area contributed by atoms with Crippen molar-refractivity contribution in [1.29, 1.82) is 0 Å². The van der Waals surface area contributed by atoms with E-state index in [4.69, 9.17) is 5.73 Å². The summed E-state index contributed by atoms with van der Waals surface area (Å²) < 4.78 is 3.56. The van der Waals surface area contributed by atoms with Crippen LogP contribution in [0.5, 0.6) is 0 Å². The van der Waals surface area contributed by atoms with E-state index in [0.717, 1.165) is 23.1 Å². The van der Waals surface area contributed by atoms with Crippen molar-refractivity contribution in [2.24, 2.45) is 0 Å². The fourth-order valence-corrected chi connectivity index (χ4v) is 2.56. The van der Waals surface area contributed by atoms with E-state index in [1.54, 1.807) is 22.9 Å². The highest BCUT2D eigenvalue weighted by molar-refractivity contribution is 5.37. The van der Waals surface area contributed by atoms with Crippen LogP contribution >= 0.6 is 0 Å². The molecule has 0 saturated heterocycles. The third-order valence-corrected chi connectivity index (χ3v) is 3.87. The van der Waals surface area contributed by atoms with Gasteiger partial charge in [0.05, 0.1) is 13.1 Å². The lowest BCUT2D eigenvalue weighted by atomic mass is 10.1. The molecule has 5 nitrogen and oxygen atoms in total. The van der Waals surface area contributed by atoms with Crippen LogP contribution in [0.1, 0.15) is 23.6 Å². The number of hydrogen-bond acceptors (Lipinski definition) is 3. The Hall–Kier alpha value is -2.82. The Bertz CT molecular complexity index is 846. The molecule has 0 unspecified atom stereocenters. The van der Waals surface area contributed by atoms with Crippen molar-refractivity contribution >= 4 is 5.82 Å². The van der Waals surface area contributed by atoms with E-state index < -0.39 is 0 Å². The van der Waals surface area contributed by atoms with Gasteiger partial charge < -0.3 is 10.3 Å². The molecule has 3 rings (SSSR count). The molecule has 3 aromatic rings. The predicted octanol–water partition coefficient (Wildman–Crippen LogP) is 2.29. The van der Waals surface area contributed by atoms with Crippen molar-refractivity contribution < 1.29 is 0 Å². The molecule has 0 aliphatic rings.